The fraction of sp³-hybridized carbons (Fsp3) is 0.421. The van der Waals surface area contributed by atoms with Gasteiger partial charge in [-0.15, -0.1) is 0 Å². The van der Waals surface area contributed by atoms with Crippen molar-refractivity contribution in [2.24, 2.45) is 0 Å². The number of nitrogens with zero attached hydrogens (tertiary/aromatic N) is 3. The Hall–Kier alpha value is -3.07. The first-order valence-corrected chi connectivity index (χ1v) is 9.25. The molecule has 0 saturated carbocycles. The maximum Gasteiger partial charge on any atom is 0.319 e. The summed E-state index contributed by atoms with van der Waals surface area (Å²) in [6.07, 6.45) is 0. The molecule has 2 heterocycles. The lowest BCUT2D eigenvalue weighted by Gasteiger charge is -2.28. The number of hydrogen-bond acceptors (Lipinski definition) is 7. The highest BCUT2D eigenvalue weighted by atomic mass is 16.5. The average Bonchev–Trinajstić information content (AvgIpc) is 2.71. The Morgan fingerprint density at radius 1 is 1.21 bits per heavy atom. The fourth-order valence-corrected chi connectivity index (χ4v) is 2.84. The molecule has 0 unspecified atom stereocenters. The van der Waals surface area contributed by atoms with Gasteiger partial charge in [-0.3, -0.25) is 0 Å². The summed E-state index contributed by atoms with van der Waals surface area (Å²) in [5.74, 6) is 3.02. The Morgan fingerprint density at radius 2 is 2.04 bits per heavy atom. The van der Waals surface area contributed by atoms with Gasteiger partial charge in [0.2, 0.25) is 0 Å². The predicted octanol–water partition coefficient (Wildman–Crippen LogP) is 1.86. The number of aromatic nitrogens is 2. The van der Waals surface area contributed by atoms with Crippen molar-refractivity contribution in [3.63, 3.8) is 0 Å². The number of aryl methyl sites for hydroxylation is 1. The molecule has 1 fully saturated rings. The summed E-state index contributed by atoms with van der Waals surface area (Å²) in [5.41, 5.74) is 0.673. The highest BCUT2D eigenvalue weighted by molar-refractivity contribution is 5.89. The fourth-order valence-electron chi connectivity index (χ4n) is 2.84. The second-order valence-electron chi connectivity index (χ2n) is 6.30. The molecule has 28 heavy (non-hydrogen) atoms. The Labute approximate surface area is 164 Å². The third-order valence-corrected chi connectivity index (χ3v) is 4.20. The summed E-state index contributed by atoms with van der Waals surface area (Å²) >= 11 is 0. The Morgan fingerprint density at radius 3 is 2.82 bits per heavy atom. The minimum Gasteiger partial charge on any atom is -0.497 e. The third-order valence-electron chi connectivity index (χ3n) is 4.20. The Kier molecular flexibility index (Phi) is 6.85. The third kappa shape index (κ3) is 5.71. The molecular weight excluding hydrogens is 360 g/mol. The molecule has 9 heteroatoms. The number of amides is 2. The van der Waals surface area contributed by atoms with Gasteiger partial charge in [0.05, 0.1) is 20.3 Å². The molecule has 1 aliphatic rings. The summed E-state index contributed by atoms with van der Waals surface area (Å²) in [7, 11) is 1.59. The summed E-state index contributed by atoms with van der Waals surface area (Å²) in [6.45, 7) is 5.92. The van der Waals surface area contributed by atoms with E-state index in [9.17, 15) is 4.79 Å². The van der Waals surface area contributed by atoms with Crippen LogP contribution in [0.4, 0.5) is 22.1 Å². The smallest absolute Gasteiger partial charge is 0.319 e. The average molecular weight is 386 g/mol. The minimum absolute atomic E-state index is 0.275. The van der Waals surface area contributed by atoms with E-state index in [4.69, 9.17) is 9.47 Å². The summed E-state index contributed by atoms with van der Waals surface area (Å²) < 4.78 is 10.5. The van der Waals surface area contributed by atoms with E-state index in [1.54, 1.807) is 19.2 Å². The van der Waals surface area contributed by atoms with Gasteiger partial charge in [0, 0.05) is 44.0 Å². The van der Waals surface area contributed by atoms with Crippen LogP contribution in [0.5, 0.6) is 5.75 Å². The molecule has 2 aromatic rings. The molecular formula is C19H26N6O3. The van der Waals surface area contributed by atoms with Crippen molar-refractivity contribution in [2.75, 3.05) is 62.0 Å². The van der Waals surface area contributed by atoms with Crippen LogP contribution in [0.25, 0.3) is 0 Å². The van der Waals surface area contributed by atoms with E-state index in [2.05, 4.69) is 30.8 Å². The number of nitrogens with one attached hydrogen (secondary N) is 3. The molecule has 0 spiro atoms. The largest absolute Gasteiger partial charge is 0.497 e. The number of benzene rings is 1. The first-order chi connectivity index (χ1) is 13.6. The quantitative estimate of drug-likeness (QED) is 0.625. The van der Waals surface area contributed by atoms with E-state index in [-0.39, 0.29) is 6.03 Å². The van der Waals surface area contributed by atoms with E-state index >= 15 is 0 Å². The van der Waals surface area contributed by atoms with E-state index in [0.29, 0.717) is 43.6 Å². The number of anilines is 3. The van der Waals surface area contributed by atoms with Crippen LogP contribution in [0.2, 0.25) is 0 Å². The van der Waals surface area contributed by atoms with Crippen LogP contribution in [-0.2, 0) is 4.74 Å². The number of hydrogen-bond donors (Lipinski definition) is 3. The van der Waals surface area contributed by atoms with Crippen LogP contribution in [0.3, 0.4) is 0 Å². The number of carbonyl (C=O) groups excluding carboxylic acids is 1. The van der Waals surface area contributed by atoms with Gasteiger partial charge < -0.3 is 30.3 Å². The molecule has 1 aromatic carbocycles. The SMILES string of the molecule is COc1cccc(NC(=O)NCCNc2cc(N3CCOCC3)nc(C)n2)c1. The highest BCUT2D eigenvalue weighted by Crippen LogP contribution is 2.17. The maximum atomic E-state index is 12.0. The number of ether oxygens (including phenoxy) is 2. The molecule has 3 rings (SSSR count). The van der Waals surface area contributed by atoms with Crippen LogP contribution in [0.1, 0.15) is 5.82 Å². The molecule has 1 saturated heterocycles. The van der Waals surface area contributed by atoms with Gasteiger partial charge >= 0.3 is 6.03 Å². The van der Waals surface area contributed by atoms with Gasteiger partial charge in [-0.2, -0.15) is 0 Å². The molecule has 0 radical (unpaired) electrons. The first kappa shape index (κ1) is 19.7. The normalized spacial score (nSPS) is 13.7. The molecule has 0 bridgehead atoms. The molecule has 2 amide bonds. The van der Waals surface area contributed by atoms with Gasteiger partial charge in [0.1, 0.15) is 23.2 Å². The molecule has 1 aliphatic heterocycles. The lowest BCUT2D eigenvalue weighted by molar-refractivity contribution is 0.122. The minimum atomic E-state index is -0.275. The van der Waals surface area contributed by atoms with Crippen molar-refractivity contribution in [1.82, 2.24) is 15.3 Å². The predicted molar refractivity (Wildman–Crippen MR) is 108 cm³/mol. The van der Waals surface area contributed by atoms with Crippen molar-refractivity contribution >= 4 is 23.4 Å². The van der Waals surface area contributed by atoms with Crippen molar-refractivity contribution in [2.45, 2.75) is 6.92 Å². The number of rotatable bonds is 7. The summed E-state index contributed by atoms with van der Waals surface area (Å²) in [4.78, 5) is 23.1. The monoisotopic (exact) mass is 386 g/mol. The number of carbonyl (C=O) groups is 1. The second kappa shape index (κ2) is 9.75. The molecule has 0 atom stereocenters. The van der Waals surface area contributed by atoms with Crippen LogP contribution in [0.15, 0.2) is 30.3 Å². The zero-order chi connectivity index (χ0) is 19.8. The van der Waals surface area contributed by atoms with E-state index in [1.165, 1.54) is 0 Å². The van der Waals surface area contributed by atoms with Gasteiger partial charge in [-0.1, -0.05) is 6.07 Å². The van der Waals surface area contributed by atoms with Gasteiger partial charge in [-0.25, -0.2) is 14.8 Å². The maximum absolute atomic E-state index is 12.0. The lowest BCUT2D eigenvalue weighted by Crippen LogP contribution is -2.37. The summed E-state index contributed by atoms with van der Waals surface area (Å²) in [6, 6.07) is 8.85. The van der Waals surface area contributed by atoms with Crippen LogP contribution >= 0.6 is 0 Å². The summed E-state index contributed by atoms with van der Waals surface area (Å²) in [5, 5.41) is 8.81. The molecule has 9 nitrogen and oxygen atoms in total. The molecule has 1 aromatic heterocycles. The van der Waals surface area contributed by atoms with Crippen molar-refractivity contribution < 1.29 is 14.3 Å². The van der Waals surface area contributed by atoms with Crippen molar-refractivity contribution in [1.29, 1.82) is 0 Å². The lowest BCUT2D eigenvalue weighted by atomic mass is 10.3. The zero-order valence-corrected chi connectivity index (χ0v) is 16.2. The zero-order valence-electron chi connectivity index (χ0n) is 16.2. The van der Waals surface area contributed by atoms with Gasteiger partial charge in [-0.05, 0) is 19.1 Å². The topological polar surface area (TPSA) is 101 Å². The van der Waals surface area contributed by atoms with Gasteiger partial charge in [0.15, 0.2) is 0 Å². The van der Waals surface area contributed by atoms with E-state index in [1.807, 2.05) is 25.1 Å². The van der Waals surface area contributed by atoms with E-state index < -0.39 is 0 Å². The highest BCUT2D eigenvalue weighted by Gasteiger charge is 2.14. The number of urea groups is 1. The standard InChI is InChI=1S/C19H26N6O3/c1-14-22-17(13-18(23-14)25-8-10-28-11-9-25)20-6-7-21-19(26)24-15-4-3-5-16(12-15)27-2/h3-5,12-13H,6-11H2,1-2H3,(H,20,22,23)(H2,21,24,26). The number of methoxy groups -OCH3 is 1. The van der Waals surface area contributed by atoms with Gasteiger partial charge in [0.25, 0.3) is 0 Å². The van der Waals surface area contributed by atoms with Crippen LogP contribution in [-0.4, -0.2) is 62.5 Å². The van der Waals surface area contributed by atoms with Crippen molar-refractivity contribution in [3.8, 4) is 5.75 Å². The van der Waals surface area contributed by atoms with Crippen LogP contribution < -0.4 is 25.6 Å². The van der Waals surface area contributed by atoms with E-state index in [0.717, 1.165) is 24.7 Å². The Bertz CT molecular complexity index is 795. The number of morpholine rings is 1. The molecule has 3 N–H and O–H groups in total. The first-order valence-electron chi connectivity index (χ1n) is 9.25. The second-order valence-corrected chi connectivity index (χ2v) is 6.30. The Balaban J connectivity index is 1.45. The van der Waals surface area contributed by atoms with Crippen molar-refractivity contribution in [3.05, 3.63) is 36.2 Å². The molecule has 0 aliphatic carbocycles. The molecule has 150 valence electrons. The van der Waals surface area contributed by atoms with Crippen LogP contribution in [0, 0.1) is 6.92 Å².